The number of nitrogens with zero attached hydrogens (tertiary/aromatic N) is 2. The second-order valence-corrected chi connectivity index (χ2v) is 6.57. The van der Waals surface area contributed by atoms with Gasteiger partial charge in [-0.1, -0.05) is 19.8 Å². The van der Waals surface area contributed by atoms with Crippen molar-refractivity contribution in [2.75, 3.05) is 18.9 Å². The lowest BCUT2D eigenvalue weighted by Gasteiger charge is -2.23. The topological polar surface area (TPSA) is 65.5 Å². The van der Waals surface area contributed by atoms with Crippen LogP contribution < -0.4 is 5.32 Å². The molecule has 1 heterocycles. The summed E-state index contributed by atoms with van der Waals surface area (Å²) < 4.78 is 0. The summed E-state index contributed by atoms with van der Waals surface area (Å²) >= 11 is 1.53. The van der Waals surface area contributed by atoms with E-state index in [4.69, 9.17) is 0 Å². The first-order valence-corrected chi connectivity index (χ1v) is 8.06. The Labute approximate surface area is 124 Å². The minimum atomic E-state index is -0.263. The molecule has 1 aromatic heterocycles. The second kappa shape index (κ2) is 7.04. The van der Waals surface area contributed by atoms with Gasteiger partial charge in [-0.2, -0.15) is 0 Å². The SMILES string of the molecule is CCCc1cnc(NC(=O)N(C)CC2CCCC2O)s1. The average molecular weight is 297 g/mol. The molecule has 2 rings (SSSR count). The maximum absolute atomic E-state index is 12.1. The number of anilines is 1. The van der Waals surface area contributed by atoms with Gasteiger partial charge in [0, 0.05) is 30.6 Å². The fraction of sp³-hybridized carbons (Fsp3) is 0.714. The van der Waals surface area contributed by atoms with Gasteiger partial charge in [0.1, 0.15) is 0 Å². The fourth-order valence-electron chi connectivity index (χ4n) is 2.58. The normalized spacial score (nSPS) is 21.9. The van der Waals surface area contributed by atoms with Gasteiger partial charge in [0.15, 0.2) is 5.13 Å². The third-order valence-corrected chi connectivity index (χ3v) is 4.71. The van der Waals surface area contributed by atoms with Crippen LogP contribution in [0.1, 0.15) is 37.5 Å². The Morgan fingerprint density at radius 1 is 1.60 bits per heavy atom. The zero-order chi connectivity index (χ0) is 14.5. The van der Waals surface area contributed by atoms with Gasteiger partial charge >= 0.3 is 6.03 Å². The number of carbonyl (C=O) groups is 1. The molecule has 1 aromatic rings. The number of hydrogen-bond acceptors (Lipinski definition) is 4. The molecule has 0 spiro atoms. The van der Waals surface area contributed by atoms with E-state index in [2.05, 4.69) is 17.2 Å². The highest BCUT2D eigenvalue weighted by atomic mass is 32.1. The molecule has 1 fully saturated rings. The van der Waals surface area contributed by atoms with Gasteiger partial charge in [0.25, 0.3) is 0 Å². The van der Waals surface area contributed by atoms with Crippen LogP contribution in [0.15, 0.2) is 6.20 Å². The molecular formula is C14H23N3O2S. The highest BCUT2D eigenvalue weighted by Gasteiger charge is 2.27. The summed E-state index contributed by atoms with van der Waals surface area (Å²) in [6, 6.07) is -0.151. The van der Waals surface area contributed by atoms with Crippen LogP contribution >= 0.6 is 11.3 Å². The summed E-state index contributed by atoms with van der Waals surface area (Å²) in [5.74, 6) is 0.206. The Kier molecular flexibility index (Phi) is 5.37. The molecule has 20 heavy (non-hydrogen) atoms. The van der Waals surface area contributed by atoms with Crippen molar-refractivity contribution in [2.24, 2.45) is 5.92 Å². The number of rotatable bonds is 5. The standard InChI is InChI=1S/C14H23N3O2S/c1-3-5-11-8-15-13(20-11)16-14(19)17(2)9-10-6-4-7-12(10)18/h8,10,12,18H,3-7,9H2,1-2H3,(H,15,16,19). The lowest BCUT2D eigenvalue weighted by molar-refractivity contribution is 0.116. The van der Waals surface area contributed by atoms with Crippen molar-refractivity contribution in [3.8, 4) is 0 Å². The van der Waals surface area contributed by atoms with Crippen LogP contribution in [0.25, 0.3) is 0 Å². The Hall–Kier alpha value is -1.14. The van der Waals surface area contributed by atoms with Crippen molar-refractivity contribution in [1.29, 1.82) is 0 Å². The zero-order valence-corrected chi connectivity index (χ0v) is 12.9. The quantitative estimate of drug-likeness (QED) is 0.878. The van der Waals surface area contributed by atoms with Crippen molar-refractivity contribution in [2.45, 2.75) is 45.1 Å². The zero-order valence-electron chi connectivity index (χ0n) is 12.1. The van der Waals surface area contributed by atoms with Crippen LogP contribution in [0, 0.1) is 5.92 Å². The summed E-state index contributed by atoms with van der Waals surface area (Å²) in [6.07, 6.45) is 6.54. The molecule has 0 bridgehead atoms. The first-order valence-electron chi connectivity index (χ1n) is 7.25. The minimum Gasteiger partial charge on any atom is -0.393 e. The molecule has 112 valence electrons. The summed E-state index contributed by atoms with van der Waals surface area (Å²) in [7, 11) is 1.76. The van der Waals surface area contributed by atoms with Crippen LogP contribution in [-0.2, 0) is 6.42 Å². The van der Waals surface area contributed by atoms with E-state index in [-0.39, 0.29) is 18.1 Å². The van der Waals surface area contributed by atoms with Gasteiger partial charge in [-0.3, -0.25) is 5.32 Å². The Bertz CT molecular complexity index is 449. The van der Waals surface area contributed by atoms with Crippen LogP contribution in [-0.4, -0.2) is 40.7 Å². The number of aliphatic hydroxyl groups excluding tert-OH is 1. The lowest BCUT2D eigenvalue weighted by Crippen LogP contribution is -2.37. The third-order valence-electron chi connectivity index (χ3n) is 3.74. The molecule has 1 saturated carbocycles. The molecular weight excluding hydrogens is 274 g/mol. The smallest absolute Gasteiger partial charge is 0.323 e. The van der Waals surface area contributed by atoms with Crippen LogP contribution in [0.2, 0.25) is 0 Å². The third kappa shape index (κ3) is 3.93. The molecule has 2 atom stereocenters. The van der Waals surface area contributed by atoms with Crippen LogP contribution in [0.5, 0.6) is 0 Å². The predicted octanol–water partition coefficient (Wildman–Crippen LogP) is 2.72. The molecule has 6 heteroatoms. The van der Waals surface area contributed by atoms with E-state index in [1.807, 2.05) is 6.20 Å². The molecule has 0 aliphatic heterocycles. The Morgan fingerprint density at radius 3 is 3.05 bits per heavy atom. The van der Waals surface area contributed by atoms with Crippen molar-refractivity contribution in [3.63, 3.8) is 0 Å². The lowest BCUT2D eigenvalue weighted by atomic mass is 10.1. The summed E-state index contributed by atoms with van der Waals surface area (Å²) in [6.45, 7) is 2.72. The number of urea groups is 1. The first kappa shape index (κ1) is 15.3. The fourth-order valence-corrected chi connectivity index (χ4v) is 3.48. The van der Waals surface area contributed by atoms with Crippen molar-refractivity contribution in [1.82, 2.24) is 9.88 Å². The van der Waals surface area contributed by atoms with E-state index in [0.717, 1.165) is 32.1 Å². The molecule has 1 aliphatic carbocycles. The summed E-state index contributed by atoms with van der Waals surface area (Å²) in [5.41, 5.74) is 0. The van der Waals surface area contributed by atoms with Crippen molar-refractivity contribution < 1.29 is 9.90 Å². The van der Waals surface area contributed by atoms with Crippen molar-refractivity contribution >= 4 is 22.5 Å². The Morgan fingerprint density at radius 2 is 2.40 bits per heavy atom. The monoisotopic (exact) mass is 297 g/mol. The van der Waals surface area contributed by atoms with Crippen LogP contribution in [0.3, 0.4) is 0 Å². The maximum Gasteiger partial charge on any atom is 0.323 e. The Balaban J connectivity index is 1.83. The molecule has 0 saturated heterocycles. The number of nitrogens with one attached hydrogen (secondary N) is 1. The molecule has 0 radical (unpaired) electrons. The van der Waals surface area contributed by atoms with Gasteiger partial charge in [-0.25, -0.2) is 9.78 Å². The van der Waals surface area contributed by atoms with E-state index in [0.29, 0.717) is 11.7 Å². The molecule has 0 aromatic carbocycles. The van der Waals surface area contributed by atoms with Gasteiger partial charge in [-0.05, 0) is 19.3 Å². The number of aryl methyl sites for hydroxylation is 1. The van der Waals surface area contributed by atoms with Crippen molar-refractivity contribution in [3.05, 3.63) is 11.1 Å². The van der Waals surface area contributed by atoms with Gasteiger partial charge in [0.05, 0.1) is 6.10 Å². The van der Waals surface area contributed by atoms with E-state index < -0.39 is 0 Å². The molecule has 2 amide bonds. The van der Waals surface area contributed by atoms with E-state index in [1.54, 1.807) is 11.9 Å². The molecule has 5 nitrogen and oxygen atoms in total. The summed E-state index contributed by atoms with van der Waals surface area (Å²) in [4.78, 5) is 19.1. The molecule has 2 N–H and O–H groups in total. The number of carbonyl (C=O) groups excluding carboxylic acids is 1. The molecule has 1 aliphatic rings. The first-order chi connectivity index (χ1) is 9.60. The van der Waals surface area contributed by atoms with Gasteiger partial charge in [0.2, 0.25) is 0 Å². The average Bonchev–Trinajstić information content (AvgIpc) is 3.00. The predicted molar refractivity (Wildman–Crippen MR) is 81.1 cm³/mol. The second-order valence-electron chi connectivity index (χ2n) is 5.45. The number of aliphatic hydroxyl groups is 1. The van der Waals surface area contributed by atoms with Crippen LogP contribution in [0.4, 0.5) is 9.93 Å². The van der Waals surface area contributed by atoms with E-state index in [1.165, 1.54) is 16.2 Å². The highest BCUT2D eigenvalue weighted by molar-refractivity contribution is 7.15. The largest absolute Gasteiger partial charge is 0.393 e. The minimum absolute atomic E-state index is 0.151. The highest BCUT2D eigenvalue weighted by Crippen LogP contribution is 2.26. The molecule has 2 unspecified atom stereocenters. The van der Waals surface area contributed by atoms with E-state index in [9.17, 15) is 9.90 Å². The number of hydrogen-bond donors (Lipinski definition) is 2. The number of thiazole rings is 1. The van der Waals surface area contributed by atoms with Gasteiger partial charge in [-0.15, -0.1) is 11.3 Å². The number of aromatic nitrogens is 1. The number of amides is 2. The maximum atomic E-state index is 12.1. The van der Waals surface area contributed by atoms with Gasteiger partial charge < -0.3 is 10.0 Å². The van der Waals surface area contributed by atoms with E-state index >= 15 is 0 Å². The summed E-state index contributed by atoms with van der Waals surface area (Å²) in [5, 5.41) is 13.3.